The van der Waals surface area contributed by atoms with Crippen LogP contribution in [0.5, 0.6) is 5.75 Å². The van der Waals surface area contributed by atoms with Crippen molar-refractivity contribution in [2.24, 2.45) is 0 Å². The van der Waals surface area contributed by atoms with Crippen molar-refractivity contribution in [2.45, 2.75) is 46.1 Å². The molecule has 180 valence electrons. The molecule has 6 nitrogen and oxygen atoms in total. The summed E-state index contributed by atoms with van der Waals surface area (Å²) in [4.78, 5) is 10.8. The molecule has 0 aliphatic heterocycles. The van der Waals surface area contributed by atoms with E-state index < -0.39 is 14.8 Å². The Hall–Kier alpha value is -2.45. The summed E-state index contributed by atoms with van der Waals surface area (Å²) in [5, 5.41) is 8.84. The highest BCUT2D eigenvalue weighted by molar-refractivity contribution is 6.60. The first-order valence-corrected chi connectivity index (χ1v) is 13.5. The molecule has 0 radical (unpaired) electrons. The number of carbonyl (C=O) groups is 1. The molecule has 1 N–H and O–H groups in total. The summed E-state index contributed by atoms with van der Waals surface area (Å²) in [6.45, 7) is 7.77. The van der Waals surface area contributed by atoms with Crippen LogP contribution in [-0.2, 0) is 24.5 Å². The molecule has 33 heavy (non-hydrogen) atoms. The van der Waals surface area contributed by atoms with Crippen LogP contribution in [0.4, 0.5) is 0 Å². The van der Waals surface area contributed by atoms with E-state index in [1.54, 1.807) is 7.11 Å². The summed E-state index contributed by atoms with van der Waals surface area (Å²) < 4.78 is 23.2. The molecule has 0 saturated heterocycles. The van der Waals surface area contributed by atoms with E-state index in [1.807, 2.05) is 39.0 Å². The summed E-state index contributed by atoms with van der Waals surface area (Å²) in [5.74, 6) is -0.349. The number of methoxy groups -OCH3 is 1. The second-order valence-corrected chi connectivity index (χ2v) is 10.2. The Morgan fingerprint density at radius 1 is 0.909 bits per heavy atom. The van der Waals surface area contributed by atoms with Crippen molar-refractivity contribution >= 4 is 20.8 Å². The Kier molecular flexibility index (Phi) is 11.3. The van der Waals surface area contributed by atoms with Gasteiger partial charge in [-0.25, -0.2) is 4.79 Å². The lowest BCUT2D eigenvalue weighted by Gasteiger charge is -2.28. The smallest absolute Gasteiger partial charge is 0.496 e. The van der Waals surface area contributed by atoms with Gasteiger partial charge < -0.3 is 23.1 Å². The molecular weight excluding hydrogens is 436 g/mol. The zero-order valence-corrected chi connectivity index (χ0v) is 21.1. The van der Waals surface area contributed by atoms with Gasteiger partial charge in [0.15, 0.2) is 0 Å². The monoisotopic (exact) mass is 472 g/mol. The fourth-order valence-electron chi connectivity index (χ4n) is 3.73. The van der Waals surface area contributed by atoms with Gasteiger partial charge in [-0.3, -0.25) is 0 Å². The zero-order valence-electron chi connectivity index (χ0n) is 20.1. The molecular formula is C26H36O6Si. The number of rotatable bonds is 15. The van der Waals surface area contributed by atoms with E-state index in [0.29, 0.717) is 25.6 Å². The van der Waals surface area contributed by atoms with Crippen molar-refractivity contribution in [1.29, 1.82) is 0 Å². The van der Waals surface area contributed by atoms with Crippen LogP contribution in [0.3, 0.4) is 0 Å². The van der Waals surface area contributed by atoms with Crippen molar-refractivity contribution < 1.29 is 27.9 Å². The molecule has 0 heterocycles. The van der Waals surface area contributed by atoms with Gasteiger partial charge in [0.1, 0.15) is 5.75 Å². The minimum atomic E-state index is -2.56. The number of hydrogen-bond acceptors (Lipinski definition) is 5. The van der Waals surface area contributed by atoms with Crippen molar-refractivity contribution in [2.75, 3.05) is 26.9 Å². The first-order chi connectivity index (χ1) is 16.0. The van der Waals surface area contributed by atoms with Crippen LogP contribution in [0.25, 0.3) is 17.2 Å². The molecule has 0 amide bonds. The largest absolute Gasteiger partial charge is 0.500 e. The van der Waals surface area contributed by atoms with E-state index in [9.17, 15) is 4.79 Å². The number of carboxylic acid groups (broad SMARTS) is 1. The van der Waals surface area contributed by atoms with E-state index >= 15 is 0 Å². The Bertz CT molecular complexity index is 877. The minimum Gasteiger partial charge on any atom is -0.496 e. The molecule has 7 heteroatoms. The van der Waals surface area contributed by atoms with E-state index in [-0.39, 0.29) is 0 Å². The highest BCUT2D eigenvalue weighted by Gasteiger charge is 2.39. The van der Waals surface area contributed by atoms with Crippen LogP contribution < -0.4 is 4.74 Å². The molecule has 2 aromatic carbocycles. The van der Waals surface area contributed by atoms with Crippen molar-refractivity contribution in [3.63, 3.8) is 0 Å². The standard InChI is InChI=1S/C26H36O6Si/c1-5-30-33(31-6-2,32-7-3)19-9-8-10-21-11-13-22(14-12-21)24-16-15-23(17-18-26(27)28)25(20-24)29-4/h11-18,20H,5-10,19H2,1-4H3,(H,27,28). The number of benzene rings is 2. The third kappa shape index (κ3) is 8.44. The molecule has 2 aromatic rings. The van der Waals surface area contributed by atoms with E-state index in [1.165, 1.54) is 11.6 Å². The van der Waals surface area contributed by atoms with Gasteiger partial charge in [0.2, 0.25) is 0 Å². The first-order valence-electron chi connectivity index (χ1n) is 11.6. The SMILES string of the molecule is CCO[Si](CCCCc1ccc(-c2ccc(C=CC(=O)O)c(OC)c2)cc1)(OCC)OCC. The van der Waals surface area contributed by atoms with Gasteiger partial charge in [0, 0.05) is 37.5 Å². The molecule has 0 aromatic heterocycles. The maximum atomic E-state index is 10.8. The molecule has 0 fully saturated rings. The Morgan fingerprint density at radius 2 is 1.52 bits per heavy atom. The first kappa shape index (κ1) is 26.8. The summed E-state index contributed by atoms with van der Waals surface area (Å²) in [5.41, 5.74) is 4.11. The number of unbranched alkanes of at least 4 members (excludes halogenated alkanes) is 1. The lowest BCUT2D eigenvalue weighted by molar-refractivity contribution is -0.131. The quantitative estimate of drug-likeness (QED) is 0.200. The Morgan fingerprint density at radius 3 is 2.06 bits per heavy atom. The van der Waals surface area contributed by atoms with Crippen LogP contribution >= 0.6 is 0 Å². The van der Waals surface area contributed by atoms with Crippen LogP contribution in [0.2, 0.25) is 6.04 Å². The predicted octanol–water partition coefficient (Wildman–Crippen LogP) is 5.83. The average molecular weight is 473 g/mol. The van der Waals surface area contributed by atoms with E-state index in [2.05, 4.69) is 24.3 Å². The molecule has 0 atom stereocenters. The highest BCUT2D eigenvalue weighted by atomic mass is 28.4. The fraction of sp³-hybridized carbons (Fsp3) is 0.423. The topological polar surface area (TPSA) is 74.2 Å². The maximum absolute atomic E-state index is 10.8. The molecule has 0 aliphatic rings. The average Bonchev–Trinajstić information content (AvgIpc) is 2.81. The van der Waals surface area contributed by atoms with Crippen LogP contribution in [0.15, 0.2) is 48.5 Å². The number of hydrogen-bond donors (Lipinski definition) is 1. The van der Waals surface area contributed by atoms with E-state index in [0.717, 1.165) is 48.1 Å². The van der Waals surface area contributed by atoms with Crippen LogP contribution in [-0.4, -0.2) is 46.8 Å². The van der Waals surface area contributed by atoms with Crippen LogP contribution in [0.1, 0.15) is 44.7 Å². The maximum Gasteiger partial charge on any atom is 0.500 e. The van der Waals surface area contributed by atoms with Gasteiger partial charge in [0.25, 0.3) is 0 Å². The third-order valence-electron chi connectivity index (χ3n) is 5.22. The molecule has 0 aliphatic carbocycles. The van der Waals surface area contributed by atoms with Gasteiger partial charge in [-0.15, -0.1) is 0 Å². The fourth-order valence-corrected chi connectivity index (χ4v) is 6.41. The lowest BCUT2D eigenvalue weighted by Crippen LogP contribution is -2.45. The highest BCUT2D eigenvalue weighted by Crippen LogP contribution is 2.29. The third-order valence-corrected chi connectivity index (χ3v) is 8.37. The number of ether oxygens (including phenoxy) is 1. The van der Waals surface area contributed by atoms with Gasteiger partial charge in [-0.05, 0) is 68.9 Å². The summed E-state index contributed by atoms with van der Waals surface area (Å²) in [7, 11) is -0.978. The second kappa shape index (κ2) is 13.9. The number of carboxylic acids is 1. The van der Waals surface area contributed by atoms with Crippen molar-refractivity contribution in [3.8, 4) is 16.9 Å². The minimum absolute atomic E-state index is 0.606. The number of aryl methyl sites for hydroxylation is 1. The van der Waals surface area contributed by atoms with Gasteiger partial charge in [-0.2, -0.15) is 0 Å². The summed E-state index contributed by atoms with van der Waals surface area (Å²) in [6.07, 6.45) is 5.66. The Labute approximate surface area is 198 Å². The van der Waals surface area contributed by atoms with Gasteiger partial charge in [0.05, 0.1) is 7.11 Å². The zero-order chi connectivity index (χ0) is 24.1. The van der Waals surface area contributed by atoms with Crippen molar-refractivity contribution in [3.05, 3.63) is 59.7 Å². The van der Waals surface area contributed by atoms with Crippen molar-refractivity contribution in [1.82, 2.24) is 0 Å². The van der Waals surface area contributed by atoms with Gasteiger partial charge in [-0.1, -0.05) is 36.4 Å². The lowest BCUT2D eigenvalue weighted by atomic mass is 10.00. The van der Waals surface area contributed by atoms with E-state index in [4.69, 9.17) is 23.1 Å². The molecule has 0 bridgehead atoms. The Balaban J connectivity index is 1.98. The normalized spacial score (nSPS) is 11.8. The van der Waals surface area contributed by atoms with Crippen LogP contribution in [0, 0.1) is 0 Å². The number of aliphatic carboxylic acids is 1. The summed E-state index contributed by atoms with van der Waals surface area (Å²) >= 11 is 0. The molecule has 2 rings (SSSR count). The predicted molar refractivity (Wildman–Crippen MR) is 133 cm³/mol. The second-order valence-electron chi connectivity index (χ2n) is 7.51. The molecule has 0 unspecified atom stereocenters. The molecule has 0 spiro atoms. The van der Waals surface area contributed by atoms with Gasteiger partial charge >= 0.3 is 14.8 Å². The molecule has 0 saturated carbocycles. The summed E-state index contributed by atoms with van der Waals surface area (Å²) in [6, 6.07) is 15.1.